The Hall–Kier alpha value is -3.30. The standard InChI is InChI=1S/C22H20ClN3O3/c1-15-18(22(27)26(25-15)10-6-9-24)11-17-12-20(28-2)21(13-19(17)23)29-14-16-7-4-3-5-8-16/h3-5,7-8,11-13H,6,10,14H2,1-2H3/b18-11-. The first-order valence-electron chi connectivity index (χ1n) is 9.04. The smallest absolute Gasteiger partial charge is 0.275 e. The van der Waals surface area contributed by atoms with Crippen molar-refractivity contribution in [2.75, 3.05) is 13.7 Å². The minimum absolute atomic E-state index is 0.220. The SMILES string of the molecule is COc1cc(/C=C2\C(=O)N(CCC#N)N=C2C)c(Cl)cc1OCc1ccccc1. The summed E-state index contributed by atoms with van der Waals surface area (Å²) in [5.74, 6) is 0.776. The molecule has 148 valence electrons. The van der Waals surface area contributed by atoms with Crippen LogP contribution in [-0.2, 0) is 11.4 Å². The average molecular weight is 410 g/mol. The third kappa shape index (κ3) is 4.76. The topological polar surface area (TPSA) is 74.9 Å². The van der Waals surface area contributed by atoms with Gasteiger partial charge in [-0.2, -0.15) is 10.4 Å². The molecule has 1 aliphatic rings. The van der Waals surface area contributed by atoms with E-state index in [4.69, 9.17) is 26.3 Å². The predicted molar refractivity (Wildman–Crippen MR) is 112 cm³/mol. The zero-order valence-corrected chi connectivity index (χ0v) is 16.9. The molecule has 0 fully saturated rings. The van der Waals surface area contributed by atoms with E-state index in [9.17, 15) is 4.79 Å². The quantitative estimate of drug-likeness (QED) is 0.633. The van der Waals surface area contributed by atoms with Crippen LogP contribution in [0.2, 0.25) is 5.02 Å². The maximum atomic E-state index is 12.6. The van der Waals surface area contributed by atoms with Crippen LogP contribution in [0, 0.1) is 11.3 Å². The summed E-state index contributed by atoms with van der Waals surface area (Å²) in [7, 11) is 1.55. The van der Waals surface area contributed by atoms with Crippen molar-refractivity contribution in [1.82, 2.24) is 5.01 Å². The molecule has 0 spiro atoms. The molecular formula is C22H20ClN3O3. The van der Waals surface area contributed by atoms with Gasteiger partial charge in [0.15, 0.2) is 11.5 Å². The first-order chi connectivity index (χ1) is 14.0. The Balaban J connectivity index is 1.84. The number of nitriles is 1. The Morgan fingerprint density at radius 1 is 1.24 bits per heavy atom. The Morgan fingerprint density at radius 3 is 2.69 bits per heavy atom. The number of carbonyl (C=O) groups excluding carboxylic acids is 1. The van der Waals surface area contributed by atoms with Gasteiger partial charge in [-0.1, -0.05) is 41.9 Å². The van der Waals surface area contributed by atoms with Crippen LogP contribution in [0.4, 0.5) is 0 Å². The first-order valence-corrected chi connectivity index (χ1v) is 9.41. The molecule has 2 aromatic rings. The molecule has 0 bridgehead atoms. The van der Waals surface area contributed by atoms with Crippen LogP contribution in [0.1, 0.15) is 24.5 Å². The van der Waals surface area contributed by atoms with E-state index in [0.717, 1.165) is 5.56 Å². The van der Waals surface area contributed by atoms with Gasteiger partial charge in [-0.05, 0) is 30.2 Å². The van der Waals surface area contributed by atoms with Crippen molar-refractivity contribution in [2.45, 2.75) is 20.0 Å². The van der Waals surface area contributed by atoms with Gasteiger partial charge in [0, 0.05) is 6.07 Å². The summed E-state index contributed by atoms with van der Waals surface area (Å²) >= 11 is 6.45. The van der Waals surface area contributed by atoms with Gasteiger partial charge < -0.3 is 9.47 Å². The molecule has 1 aliphatic heterocycles. The number of methoxy groups -OCH3 is 1. The van der Waals surface area contributed by atoms with Gasteiger partial charge in [-0.3, -0.25) is 4.79 Å². The second-order valence-corrected chi connectivity index (χ2v) is 6.79. The lowest BCUT2D eigenvalue weighted by Gasteiger charge is -2.13. The number of ether oxygens (including phenoxy) is 2. The molecule has 3 rings (SSSR count). The highest BCUT2D eigenvalue weighted by atomic mass is 35.5. The van der Waals surface area contributed by atoms with Crippen LogP contribution in [0.25, 0.3) is 6.08 Å². The number of rotatable bonds is 7. The van der Waals surface area contributed by atoms with Crippen LogP contribution in [0.5, 0.6) is 11.5 Å². The third-order valence-corrected chi connectivity index (χ3v) is 4.71. The summed E-state index contributed by atoms with van der Waals surface area (Å²) in [6.45, 7) is 2.39. The number of halogens is 1. The average Bonchev–Trinajstić information content (AvgIpc) is 3.00. The number of hydrogen-bond donors (Lipinski definition) is 0. The molecule has 0 saturated carbocycles. The van der Waals surface area contributed by atoms with Gasteiger partial charge in [0.05, 0.1) is 42.5 Å². The monoisotopic (exact) mass is 409 g/mol. The molecule has 0 saturated heterocycles. The Morgan fingerprint density at radius 2 is 2.00 bits per heavy atom. The van der Waals surface area contributed by atoms with E-state index < -0.39 is 0 Å². The lowest BCUT2D eigenvalue weighted by atomic mass is 10.1. The summed E-state index contributed by atoms with van der Waals surface area (Å²) in [5.41, 5.74) is 2.66. The second kappa shape index (κ2) is 9.26. The number of benzene rings is 2. The van der Waals surface area contributed by atoms with E-state index in [-0.39, 0.29) is 18.9 Å². The molecule has 6 nitrogen and oxygen atoms in total. The number of carbonyl (C=O) groups is 1. The van der Waals surface area contributed by atoms with E-state index in [0.29, 0.717) is 40.0 Å². The second-order valence-electron chi connectivity index (χ2n) is 6.38. The fourth-order valence-electron chi connectivity index (χ4n) is 2.87. The molecule has 2 aromatic carbocycles. The number of nitrogens with zero attached hydrogens (tertiary/aromatic N) is 3. The van der Waals surface area contributed by atoms with Crippen molar-refractivity contribution in [3.05, 3.63) is 64.2 Å². The summed E-state index contributed by atoms with van der Waals surface area (Å²) in [4.78, 5) is 12.6. The van der Waals surface area contributed by atoms with Crippen molar-refractivity contribution < 1.29 is 14.3 Å². The molecule has 29 heavy (non-hydrogen) atoms. The van der Waals surface area contributed by atoms with Crippen molar-refractivity contribution in [3.63, 3.8) is 0 Å². The normalized spacial score (nSPS) is 14.7. The summed E-state index contributed by atoms with van der Waals surface area (Å²) in [6, 6.07) is 15.2. The lowest BCUT2D eigenvalue weighted by Crippen LogP contribution is -2.22. The minimum atomic E-state index is -0.253. The predicted octanol–water partition coefficient (Wildman–Crippen LogP) is 4.44. The van der Waals surface area contributed by atoms with Gasteiger partial charge in [-0.15, -0.1) is 0 Å². The zero-order valence-electron chi connectivity index (χ0n) is 16.2. The van der Waals surface area contributed by atoms with E-state index in [2.05, 4.69) is 5.10 Å². The fourth-order valence-corrected chi connectivity index (χ4v) is 3.08. The van der Waals surface area contributed by atoms with Crippen molar-refractivity contribution >= 4 is 29.3 Å². The van der Waals surface area contributed by atoms with Crippen molar-refractivity contribution in [1.29, 1.82) is 5.26 Å². The van der Waals surface area contributed by atoms with E-state index in [1.165, 1.54) is 5.01 Å². The highest BCUT2D eigenvalue weighted by Gasteiger charge is 2.27. The molecule has 0 N–H and O–H groups in total. The maximum Gasteiger partial charge on any atom is 0.275 e. The lowest BCUT2D eigenvalue weighted by molar-refractivity contribution is -0.125. The minimum Gasteiger partial charge on any atom is -0.493 e. The Bertz CT molecular complexity index is 1010. The maximum absolute atomic E-state index is 12.6. The molecule has 1 amide bonds. The van der Waals surface area contributed by atoms with Gasteiger partial charge >= 0.3 is 0 Å². The summed E-state index contributed by atoms with van der Waals surface area (Å²) < 4.78 is 11.3. The van der Waals surface area contributed by atoms with Crippen LogP contribution in [-0.4, -0.2) is 30.3 Å². The third-order valence-electron chi connectivity index (χ3n) is 4.38. The molecule has 0 radical (unpaired) electrons. The van der Waals surface area contributed by atoms with Crippen LogP contribution < -0.4 is 9.47 Å². The molecule has 0 unspecified atom stereocenters. The van der Waals surface area contributed by atoms with Crippen molar-refractivity contribution in [3.8, 4) is 17.6 Å². The van der Waals surface area contributed by atoms with Gasteiger partial charge in [0.1, 0.15) is 6.61 Å². The molecule has 0 aliphatic carbocycles. The van der Waals surface area contributed by atoms with Crippen LogP contribution in [0.3, 0.4) is 0 Å². The Labute approximate surface area is 174 Å². The number of hydrazone groups is 1. The number of hydrogen-bond acceptors (Lipinski definition) is 5. The van der Waals surface area contributed by atoms with E-state index in [1.54, 1.807) is 32.2 Å². The van der Waals surface area contributed by atoms with E-state index in [1.807, 2.05) is 36.4 Å². The first kappa shape index (κ1) is 20.4. The fraction of sp³-hybridized carbons (Fsp3) is 0.227. The largest absolute Gasteiger partial charge is 0.493 e. The molecular weight excluding hydrogens is 390 g/mol. The molecule has 1 heterocycles. The van der Waals surface area contributed by atoms with E-state index >= 15 is 0 Å². The van der Waals surface area contributed by atoms with Gasteiger partial charge in [-0.25, -0.2) is 5.01 Å². The van der Waals surface area contributed by atoms with Crippen LogP contribution in [0.15, 0.2) is 53.1 Å². The highest BCUT2D eigenvalue weighted by molar-refractivity contribution is 6.33. The number of amides is 1. The molecule has 7 heteroatoms. The summed E-state index contributed by atoms with van der Waals surface area (Å²) in [5, 5.41) is 14.7. The van der Waals surface area contributed by atoms with Gasteiger partial charge in [0.25, 0.3) is 5.91 Å². The highest BCUT2D eigenvalue weighted by Crippen LogP contribution is 2.35. The molecule has 0 aromatic heterocycles. The zero-order chi connectivity index (χ0) is 20.8. The van der Waals surface area contributed by atoms with Gasteiger partial charge in [0.2, 0.25) is 0 Å². The van der Waals surface area contributed by atoms with Crippen molar-refractivity contribution in [2.24, 2.45) is 5.10 Å². The summed E-state index contributed by atoms with van der Waals surface area (Å²) in [6.07, 6.45) is 1.90. The van der Waals surface area contributed by atoms with Crippen LogP contribution >= 0.6 is 11.6 Å². The Kier molecular flexibility index (Phi) is 6.53. The molecule has 0 atom stereocenters.